The molecular formula is C14H19N3O4. The summed E-state index contributed by atoms with van der Waals surface area (Å²) < 4.78 is 0. The van der Waals surface area contributed by atoms with E-state index in [0.29, 0.717) is 24.3 Å². The largest absolute Gasteiger partial charge is 0.393 e. The van der Waals surface area contributed by atoms with Crippen LogP contribution < -0.4 is 5.32 Å². The molecule has 1 heterocycles. The molecule has 2 rings (SSSR count). The van der Waals surface area contributed by atoms with E-state index in [9.17, 15) is 20.0 Å². The molecule has 0 aromatic heterocycles. The lowest BCUT2D eigenvalue weighted by atomic mass is 10.0. The molecule has 0 spiro atoms. The van der Waals surface area contributed by atoms with E-state index in [0.717, 1.165) is 6.42 Å². The number of hydrogen-bond donors (Lipinski definition) is 2. The van der Waals surface area contributed by atoms with E-state index < -0.39 is 11.0 Å². The highest BCUT2D eigenvalue weighted by Crippen LogP contribution is 2.27. The maximum absolute atomic E-state index is 12.4. The van der Waals surface area contributed by atoms with Gasteiger partial charge in [0.05, 0.1) is 11.0 Å². The van der Waals surface area contributed by atoms with Gasteiger partial charge in [0.15, 0.2) is 0 Å². The number of aliphatic hydroxyl groups excluding tert-OH is 1. The number of nitro benzene ring substituents is 1. The normalized spacial score (nSPS) is 19.4. The van der Waals surface area contributed by atoms with Crippen LogP contribution in [0.2, 0.25) is 0 Å². The van der Waals surface area contributed by atoms with Crippen molar-refractivity contribution in [1.29, 1.82) is 0 Å². The number of anilines is 1. The van der Waals surface area contributed by atoms with Crippen LogP contribution in [0.15, 0.2) is 18.2 Å². The third-order valence-corrected chi connectivity index (χ3v) is 3.90. The number of nitrogens with zero attached hydrogens (tertiary/aromatic N) is 2. The number of amides is 1. The first kappa shape index (κ1) is 15.2. The second kappa shape index (κ2) is 6.09. The van der Waals surface area contributed by atoms with Crippen LogP contribution in [0.1, 0.15) is 23.7 Å². The number of hydrogen-bond acceptors (Lipinski definition) is 5. The Morgan fingerprint density at radius 1 is 1.57 bits per heavy atom. The Kier molecular flexibility index (Phi) is 4.42. The Bertz CT molecular complexity index is 559. The zero-order valence-electron chi connectivity index (χ0n) is 12.1. The van der Waals surface area contributed by atoms with Crippen molar-refractivity contribution >= 4 is 17.3 Å². The second-order valence-corrected chi connectivity index (χ2v) is 5.28. The third kappa shape index (κ3) is 3.13. The average molecular weight is 293 g/mol. The van der Waals surface area contributed by atoms with E-state index in [-0.39, 0.29) is 17.5 Å². The molecule has 2 unspecified atom stereocenters. The molecule has 2 atom stereocenters. The van der Waals surface area contributed by atoms with Crippen LogP contribution in [0.5, 0.6) is 0 Å². The number of nitro groups is 1. The fourth-order valence-corrected chi connectivity index (χ4v) is 2.58. The van der Waals surface area contributed by atoms with Gasteiger partial charge in [0.2, 0.25) is 0 Å². The van der Waals surface area contributed by atoms with Crippen molar-refractivity contribution in [3.8, 4) is 0 Å². The van der Waals surface area contributed by atoms with Gasteiger partial charge in [0.1, 0.15) is 5.69 Å². The summed E-state index contributed by atoms with van der Waals surface area (Å²) in [5.41, 5.74) is 0.672. The zero-order valence-corrected chi connectivity index (χ0v) is 12.1. The first-order chi connectivity index (χ1) is 9.93. The van der Waals surface area contributed by atoms with Crippen molar-refractivity contribution in [2.75, 3.05) is 25.5 Å². The molecule has 0 bridgehead atoms. The molecule has 1 saturated heterocycles. The summed E-state index contributed by atoms with van der Waals surface area (Å²) in [6, 6.07) is 4.30. The summed E-state index contributed by atoms with van der Waals surface area (Å²) >= 11 is 0. The lowest BCUT2D eigenvalue weighted by Gasteiger charge is -2.18. The van der Waals surface area contributed by atoms with E-state index in [1.54, 1.807) is 18.9 Å². The number of benzene rings is 1. The Morgan fingerprint density at radius 2 is 2.29 bits per heavy atom. The van der Waals surface area contributed by atoms with Crippen molar-refractivity contribution in [2.45, 2.75) is 19.4 Å². The van der Waals surface area contributed by atoms with Gasteiger partial charge in [-0.3, -0.25) is 14.9 Å². The molecule has 0 aliphatic carbocycles. The molecule has 1 fully saturated rings. The minimum absolute atomic E-state index is 0.0580. The standard InChI is InChI=1S/C14H19N3O4/c1-9(18)11-5-6-16(8-11)14(19)10-3-4-13(17(20)21)12(7-10)15-2/h3-4,7,9,11,15,18H,5-6,8H2,1-2H3. The summed E-state index contributed by atoms with van der Waals surface area (Å²) in [5, 5.41) is 23.2. The molecule has 0 saturated carbocycles. The van der Waals surface area contributed by atoms with E-state index in [1.807, 2.05) is 0 Å². The van der Waals surface area contributed by atoms with Crippen LogP contribution in [0, 0.1) is 16.0 Å². The maximum Gasteiger partial charge on any atom is 0.292 e. The monoisotopic (exact) mass is 293 g/mol. The molecule has 114 valence electrons. The van der Waals surface area contributed by atoms with Gasteiger partial charge < -0.3 is 15.3 Å². The highest BCUT2D eigenvalue weighted by molar-refractivity contribution is 5.96. The SMILES string of the molecule is CNc1cc(C(=O)N2CCC(C(C)O)C2)ccc1[N+](=O)[O-]. The summed E-state index contributed by atoms with van der Waals surface area (Å²) in [5.74, 6) is -0.0692. The predicted molar refractivity (Wildman–Crippen MR) is 78.3 cm³/mol. The average Bonchev–Trinajstić information content (AvgIpc) is 2.95. The van der Waals surface area contributed by atoms with Crippen molar-refractivity contribution in [3.05, 3.63) is 33.9 Å². The van der Waals surface area contributed by atoms with Crippen LogP contribution in [-0.4, -0.2) is 47.1 Å². The number of aliphatic hydroxyl groups is 1. The van der Waals surface area contributed by atoms with E-state index in [1.165, 1.54) is 18.2 Å². The van der Waals surface area contributed by atoms with Crippen LogP contribution in [-0.2, 0) is 0 Å². The Hall–Kier alpha value is -2.15. The molecule has 1 amide bonds. The number of likely N-dealkylation sites (tertiary alicyclic amines) is 1. The summed E-state index contributed by atoms with van der Waals surface area (Å²) in [6.45, 7) is 2.84. The number of rotatable bonds is 4. The van der Waals surface area contributed by atoms with Crippen LogP contribution >= 0.6 is 0 Å². The van der Waals surface area contributed by atoms with Crippen LogP contribution in [0.25, 0.3) is 0 Å². The van der Waals surface area contributed by atoms with Gasteiger partial charge in [-0.2, -0.15) is 0 Å². The molecule has 2 N–H and O–H groups in total. The quantitative estimate of drug-likeness (QED) is 0.647. The molecule has 7 heteroatoms. The summed E-state index contributed by atoms with van der Waals surface area (Å²) in [7, 11) is 1.58. The molecule has 21 heavy (non-hydrogen) atoms. The first-order valence-corrected chi connectivity index (χ1v) is 6.87. The first-order valence-electron chi connectivity index (χ1n) is 6.87. The van der Waals surface area contributed by atoms with Gasteiger partial charge in [-0.15, -0.1) is 0 Å². The molecule has 0 radical (unpaired) electrons. The van der Waals surface area contributed by atoms with Gasteiger partial charge in [0.25, 0.3) is 11.6 Å². The molecular weight excluding hydrogens is 274 g/mol. The number of carbonyl (C=O) groups excluding carboxylic acids is 1. The van der Waals surface area contributed by atoms with E-state index in [4.69, 9.17) is 0 Å². The Balaban J connectivity index is 2.19. The fourth-order valence-electron chi connectivity index (χ4n) is 2.58. The number of carbonyl (C=O) groups is 1. The van der Waals surface area contributed by atoms with Crippen LogP contribution in [0.4, 0.5) is 11.4 Å². The van der Waals surface area contributed by atoms with Crippen molar-refractivity contribution in [2.24, 2.45) is 5.92 Å². The number of nitrogens with one attached hydrogen (secondary N) is 1. The topological polar surface area (TPSA) is 95.7 Å². The maximum atomic E-state index is 12.4. The highest BCUT2D eigenvalue weighted by Gasteiger charge is 2.30. The van der Waals surface area contributed by atoms with Gasteiger partial charge in [-0.1, -0.05) is 0 Å². The van der Waals surface area contributed by atoms with Crippen molar-refractivity contribution in [3.63, 3.8) is 0 Å². The smallest absolute Gasteiger partial charge is 0.292 e. The second-order valence-electron chi connectivity index (χ2n) is 5.28. The molecule has 1 aromatic carbocycles. The van der Waals surface area contributed by atoms with Gasteiger partial charge >= 0.3 is 0 Å². The Labute approximate surface area is 122 Å². The van der Waals surface area contributed by atoms with E-state index >= 15 is 0 Å². The lowest BCUT2D eigenvalue weighted by molar-refractivity contribution is -0.383. The van der Waals surface area contributed by atoms with Gasteiger partial charge in [-0.25, -0.2) is 0 Å². The van der Waals surface area contributed by atoms with Gasteiger partial charge in [-0.05, 0) is 25.5 Å². The minimum Gasteiger partial charge on any atom is -0.393 e. The fraction of sp³-hybridized carbons (Fsp3) is 0.500. The molecule has 1 aliphatic heterocycles. The third-order valence-electron chi connectivity index (χ3n) is 3.90. The van der Waals surface area contributed by atoms with Gasteiger partial charge in [0, 0.05) is 37.7 Å². The lowest BCUT2D eigenvalue weighted by Crippen LogP contribution is -2.30. The summed E-state index contributed by atoms with van der Waals surface area (Å²) in [4.78, 5) is 24.5. The minimum atomic E-state index is -0.487. The predicted octanol–water partition coefficient (Wildman–Crippen LogP) is 1.48. The summed E-state index contributed by atoms with van der Waals surface area (Å²) in [6.07, 6.45) is 0.336. The Morgan fingerprint density at radius 3 is 2.81 bits per heavy atom. The van der Waals surface area contributed by atoms with E-state index in [2.05, 4.69) is 5.32 Å². The zero-order chi connectivity index (χ0) is 15.6. The molecule has 1 aromatic rings. The van der Waals surface area contributed by atoms with Crippen LogP contribution in [0.3, 0.4) is 0 Å². The molecule has 1 aliphatic rings. The highest BCUT2D eigenvalue weighted by atomic mass is 16.6. The molecule has 7 nitrogen and oxygen atoms in total. The van der Waals surface area contributed by atoms with Crippen molar-refractivity contribution in [1.82, 2.24) is 4.90 Å². The van der Waals surface area contributed by atoms with Crippen molar-refractivity contribution < 1.29 is 14.8 Å².